The van der Waals surface area contributed by atoms with E-state index < -0.39 is 0 Å². The van der Waals surface area contributed by atoms with Gasteiger partial charge in [0, 0.05) is 55.8 Å². The molecular weight excluding hydrogens is 368 g/mol. The van der Waals surface area contributed by atoms with E-state index in [-0.39, 0.29) is 0 Å². The lowest BCUT2D eigenvalue weighted by atomic mass is 10.3. The van der Waals surface area contributed by atoms with Gasteiger partial charge >= 0.3 is 0 Å². The maximum atomic E-state index is 4.32. The van der Waals surface area contributed by atoms with Gasteiger partial charge in [0.25, 0.3) is 0 Å². The predicted molar refractivity (Wildman–Crippen MR) is 101 cm³/mol. The van der Waals surface area contributed by atoms with E-state index in [1.807, 2.05) is 17.8 Å². The van der Waals surface area contributed by atoms with Crippen LogP contribution in [0.4, 0.5) is 5.69 Å². The monoisotopic (exact) mass is 390 g/mol. The van der Waals surface area contributed by atoms with E-state index in [2.05, 4.69) is 65.7 Å². The zero-order chi connectivity index (χ0) is 16.9. The molecule has 7 heteroatoms. The fourth-order valence-corrected chi connectivity index (χ4v) is 3.15. The number of aromatic nitrogens is 2. The zero-order valence-electron chi connectivity index (χ0n) is 14.0. The minimum Gasteiger partial charge on any atom is -0.369 e. The summed E-state index contributed by atoms with van der Waals surface area (Å²) in [6, 6.07) is 8.87. The van der Waals surface area contributed by atoms with Gasteiger partial charge < -0.3 is 20.1 Å². The zero-order valence-corrected chi connectivity index (χ0v) is 15.6. The molecule has 1 unspecified atom stereocenters. The molecule has 1 saturated heterocycles. The minimum atomic E-state index is 0.390. The first-order valence-electron chi connectivity index (χ1n) is 8.09. The summed E-state index contributed by atoms with van der Waals surface area (Å²) in [5, 5.41) is 6.84. The molecule has 0 aliphatic carbocycles. The first-order valence-corrected chi connectivity index (χ1v) is 8.89. The van der Waals surface area contributed by atoms with Crippen LogP contribution >= 0.6 is 15.9 Å². The first kappa shape index (κ1) is 16.8. The Labute approximate surface area is 151 Å². The molecule has 0 bridgehead atoms. The standard InChI is InChI=1S/C17H23BrN6/c1-19-17(21-11-16-20-8-10-23(16)2)22-14-7-9-24(12-14)15-5-3-13(18)4-6-15/h3-6,8,10,14H,7,9,11-12H2,1-2H3,(H2,19,21,22). The number of anilines is 1. The highest BCUT2D eigenvalue weighted by atomic mass is 79.9. The Bertz CT molecular complexity index is 693. The van der Waals surface area contributed by atoms with Gasteiger partial charge in [-0.25, -0.2) is 4.98 Å². The molecule has 1 aromatic carbocycles. The van der Waals surface area contributed by atoms with Crippen molar-refractivity contribution in [2.75, 3.05) is 25.0 Å². The lowest BCUT2D eigenvalue weighted by molar-refractivity contribution is 0.641. The molecule has 24 heavy (non-hydrogen) atoms. The fraction of sp³-hybridized carbons (Fsp3) is 0.412. The van der Waals surface area contributed by atoms with Crippen molar-refractivity contribution < 1.29 is 0 Å². The fourth-order valence-electron chi connectivity index (χ4n) is 2.88. The average molecular weight is 391 g/mol. The molecule has 0 spiro atoms. The number of guanidine groups is 1. The third-order valence-corrected chi connectivity index (χ3v) is 4.81. The number of hydrogen-bond donors (Lipinski definition) is 2. The lowest BCUT2D eigenvalue weighted by Crippen LogP contribution is -2.44. The molecule has 0 radical (unpaired) electrons. The van der Waals surface area contributed by atoms with Crippen LogP contribution < -0.4 is 15.5 Å². The molecule has 1 atom stereocenters. The summed E-state index contributed by atoms with van der Waals surface area (Å²) in [5.41, 5.74) is 1.26. The molecule has 0 amide bonds. The molecule has 6 nitrogen and oxygen atoms in total. The van der Waals surface area contributed by atoms with Gasteiger partial charge in [0.1, 0.15) is 5.82 Å². The number of aryl methyl sites for hydroxylation is 1. The third-order valence-electron chi connectivity index (χ3n) is 4.28. The SMILES string of the molecule is CN=C(NCc1nccn1C)NC1CCN(c2ccc(Br)cc2)C1. The molecule has 128 valence electrons. The Morgan fingerprint density at radius 1 is 1.38 bits per heavy atom. The van der Waals surface area contributed by atoms with Crippen LogP contribution in [0.15, 0.2) is 46.1 Å². The number of hydrogen-bond acceptors (Lipinski definition) is 3. The number of aliphatic imine (C=N–C) groups is 1. The van der Waals surface area contributed by atoms with E-state index in [1.165, 1.54) is 5.69 Å². The molecule has 1 aliphatic heterocycles. The van der Waals surface area contributed by atoms with Crippen molar-refractivity contribution in [3.8, 4) is 0 Å². The van der Waals surface area contributed by atoms with E-state index >= 15 is 0 Å². The quantitative estimate of drug-likeness (QED) is 0.620. The van der Waals surface area contributed by atoms with Crippen LogP contribution in [0, 0.1) is 0 Å². The van der Waals surface area contributed by atoms with Crippen molar-refractivity contribution >= 4 is 27.6 Å². The second kappa shape index (κ2) is 7.70. The highest BCUT2D eigenvalue weighted by Crippen LogP contribution is 2.22. The largest absolute Gasteiger partial charge is 0.369 e. The number of nitrogens with one attached hydrogen (secondary N) is 2. The van der Waals surface area contributed by atoms with Crippen molar-refractivity contribution in [2.45, 2.75) is 19.0 Å². The van der Waals surface area contributed by atoms with Crippen LogP contribution in [0.25, 0.3) is 0 Å². The van der Waals surface area contributed by atoms with E-state index in [0.29, 0.717) is 12.6 Å². The van der Waals surface area contributed by atoms with Crippen LogP contribution in [0.1, 0.15) is 12.2 Å². The molecule has 1 aromatic heterocycles. The summed E-state index contributed by atoms with van der Waals surface area (Å²) in [6.07, 6.45) is 4.85. The summed E-state index contributed by atoms with van der Waals surface area (Å²) >= 11 is 3.48. The lowest BCUT2D eigenvalue weighted by Gasteiger charge is -2.20. The van der Waals surface area contributed by atoms with Gasteiger partial charge in [-0.2, -0.15) is 0 Å². The van der Waals surface area contributed by atoms with Crippen molar-refractivity contribution in [2.24, 2.45) is 12.0 Å². The molecule has 0 saturated carbocycles. The summed E-state index contributed by atoms with van der Waals surface area (Å²) in [5.74, 6) is 1.81. The van der Waals surface area contributed by atoms with Crippen LogP contribution in [0.5, 0.6) is 0 Å². The average Bonchev–Trinajstić information content (AvgIpc) is 3.21. The van der Waals surface area contributed by atoms with Gasteiger partial charge in [0.15, 0.2) is 5.96 Å². The Kier molecular flexibility index (Phi) is 5.40. The maximum absolute atomic E-state index is 4.32. The predicted octanol–water partition coefficient (Wildman–Crippen LogP) is 2.13. The second-order valence-electron chi connectivity index (χ2n) is 5.93. The molecule has 3 rings (SSSR count). The molecule has 2 aromatic rings. The number of rotatable bonds is 4. The smallest absolute Gasteiger partial charge is 0.191 e. The summed E-state index contributed by atoms with van der Waals surface area (Å²) in [4.78, 5) is 11.0. The Morgan fingerprint density at radius 2 is 2.17 bits per heavy atom. The van der Waals surface area contributed by atoms with Gasteiger partial charge in [0.05, 0.1) is 6.54 Å². The number of halogens is 1. The third kappa shape index (κ3) is 4.08. The van der Waals surface area contributed by atoms with Gasteiger partial charge in [-0.3, -0.25) is 4.99 Å². The normalized spacial score (nSPS) is 18.0. The van der Waals surface area contributed by atoms with Gasteiger partial charge in [0.2, 0.25) is 0 Å². The number of imidazole rings is 1. The van der Waals surface area contributed by atoms with Gasteiger partial charge in [-0.05, 0) is 30.7 Å². The van der Waals surface area contributed by atoms with E-state index in [1.54, 1.807) is 13.2 Å². The summed E-state index contributed by atoms with van der Waals surface area (Å²) in [7, 11) is 3.79. The Balaban J connectivity index is 1.52. The van der Waals surface area contributed by atoms with Crippen LogP contribution in [0.2, 0.25) is 0 Å². The van der Waals surface area contributed by atoms with Crippen LogP contribution in [-0.4, -0.2) is 41.7 Å². The van der Waals surface area contributed by atoms with Crippen molar-refractivity contribution in [1.82, 2.24) is 20.2 Å². The van der Waals surface area contributed by atoms with Crippen LogP contribution in [-0.2, 0) is 13.6 Å². The highest BCUT2D eigenvalue weighted by Gasteiger charge is 2.23. The minimum absolute atomic E-state index is 0.390. The second-order valence-corrected chi connectivity index (χ2v) is 6.85. The summed E-state index contributed by atoms with van der Waals surface area (Å²) in [6.45, 7) is 2.69. The van der Waals surface area contributed by atoms with Crippen molar-refractivity contribution in [3.05, 3.63) is 47.0 Å². The topological polar surface area (TPSA) is 57.5 Å². The van der Waals surface area contributed by atoms with E-state index in [9.17, 15) is 0 Å². The van der Waals surface area contributed by atoms with Crippen molar-refractivity contribution in [1.29, 1.82) is 0 Å². The summed E-state index contributed by atoms with van der Waals surface area (Å²) < 4.78 is 3.12. The molecule has 2 N–H and O–H groups in total. The van der Waals surface area contributed by atoms with E-state index in [0.717, 1.165) is 35.8 Å². The van der Waals surface area contributed by atoms with Crippen LogP contribution in [0.3, 0.4) is 0 Å². The molecule has 1 aliphatic rings. The molecule has 1 fully saturated rings. The van der Waals surface area contributed by atoms with E-state index in [4.69, 9.17) is 0 Å². The Morgan fingerprint density at radius 3 is 2.83 bits per heavy atom. The van der Waals surface area contributed by atoms with Gasteiger partial charge in [-0.1, -0.05) is 15.9 Å². The highest BCUT2D eigenvalue weighted by molar-refractivity contribution is 9.10. The maximum Gasteiger partial charge on any atom is 0.191 e. The molecular formula is C17H23BrN6. The number of benzene rings is 1. The van der Waals surface area contributed by atoms with Gasteiger partial charge in [-0.15, -0.1) is 0 Å². The number of nitrogens with zero attached hydrogens (tertiary/aromatic N) is 4. The molecule has 2 heterocycles. The first-order chi connectivity index (χ1) is 11.7. The van der Waals surface area contributed by atoms with Crippen molar-refractivity contribution in [3.63, 3.8) is 0 Å². The Hall–Kier alpha value is -2.02.